The van der Waals surface area contributed by atoms with Gasteiger partial charge < -0.3 is 19.7 Å². The smallest absolute Gasteiger partial charge is 0.264 e. The molecule has 2 fully saturated rings. The van der Waals surface area contributed by atoms with Crippen LogP contribution in [0.15, 0.2) is 29.6 Å². The fraction of sp³-hybridized carbons (Fsp3) is 0.400. The van der Waals surface area contributed by atoms with Gasteiger partial charge in [-0.05, 0) is 48.9 Å². The van der Waals surface area contributed by atoms with Crippen LogP contribution < -0.4 is 14.8 Å². The van der Waals surface area contributed by atoms with E-state index in [0.717, 1.165) is 29.8 Å². The Bertz CT molecular complexity index is 940. The van der Waals surface area contributed by atoms with E-state index in [1.54, 1.807) is 12.1 Å². The molecule has 0 unspecified atom stereocenters. The van der Waals surface area contributed by atoms with Crippen LogP contribution in [0.5, 0.6) is 11.5 Å². The minimum absolute atomic E-state index is 0.0236. The summed E-state index contributed by atoms with van der Waals surface area (Å²) in [6.07, 6.45) is 1.74. The van der Waals surface area contributed by atoms with Crippen LogP contribution in [0.3, 0.4) is 0 Å². The third-order valence-electron chi connectivity index (χ3n) is 5.88. The molecular weight excluding hydrogens is 364 g/mol. The van der Waals surface area contributed by atoms with Gasteiger partial charge in [-0.2, -0.15) is 0 Å². The molecule has 5 rings (SSSR count). The quantitative estimate of drug-likeness (QED) is 0.882. The zero-order chi connectivity index (χ0) is 18.6. The molecule has 1 saturated heterocycles. The second-order valence-electron chi connectivity index (χ2n) is 7.59. The molecular formula is C20H20N2O4S. The zero-order valence-corrected chi connectivity index (χ0v) is 15.8. The first kappa shape index (κ1) is 16.6. The Morgan fingerprint density at radius 3 is 2.93 bits per heavy atom. The summed E-state index contributed by atoms with van der Waals surface area (Å²) < 4.78 is 10.7. The molecule has 1 aliphatic carbocycles. The number of thiophene rings is 1. The van der Waals surface area contributed by atoms with Gasteiger partial charge in [-0.15, -0.1) is 11.3 Å². The monoisotopic (exact) mass is 384 g/mol. The molecule has 140 valence electrons. The topological polar surface area (TPSA) is 67.9 Å². The number of amides is 2. The summed E-state index contributed by atoms with van der Waals surface area (Å²) in [5.41, 5.74) is 1.69. The fourth-order valence-corrected chi connectivity index (χ4v) is 5.07. The summed E-state index contributed by atoms with van der Waals surface area (Å²) in [6.45, 7) is 3.58. The number of carbonyl (C=O) groups excluding carboxylic acids is 2. The first-order chi connectivity index (χ1) is 13.1. The van der Waals surface area contributed by atoms with Crippen LogP contribution in [0.25, 0.3) is 0 Å². The first-order valence-electron chi connectivity index (χ1n) is 9.10. The molecule has 0 radical (unpaired) electrons. The maximum Gasteiger partial charge on any atom is 0.264 e. The van der Waals surface area contributed by atoms with E-state index in [-0.39, 0.29) is 29.9 Å². The van der Waals surface area contributed by atoms with Crippen LogP contribution in [0.1, 0.15) is 28.1 Å². The Kier molecular flexibility index (Phi) is 3.69. The van der Waals surface area contributed by atoms with E-state index in [1.807, 2.05) is 29.3 Å². The molecule has 2 aliphatic heterocycles. The molecule has 1 spiro atoms. The lowest BCUT2D eigenvalue weighted by atomic mass is 10.0. The summed E-state index contributed by atoms with van der Waals surface area (Å²) in [4.78, 5) is 28.2. The van der Waals surface area contributed by atoms with Crippen molar-refractivity contribution >= 4 is 28.8 Å². The predicted octanol–water partition coefficient (Wildman–Crippen LogP) is 3.28. The molecule has 3 heterocycles. The van der Waals surface area contributed by atoms with Crippen molar-refractivity contribution in [1.29, 1.82) is 0 Å². The molecule has 1 aromatic carbocycles. The Hall–Kier alpha value is -2.54. The SMILES string of the molecule is Cc1ccsc1C(=O)N1CC[C@@]2(C[C@@H]2C(=O)Nc2ccc3c(c2)OCO3)C1. The van der Waals surface area contributed by atoms with Gasteiger partial charge in [-0.25, -0.2) is 0 Å². The normalized spacial score (nSPS) is 25.1. The van der Waals surface area contributed by atoms with E-state index in [0.29, 0.717) is 23.7 Å². The molecule has 1 saturated carbocycles. The van der Waals surface area contributed by atoms with Gasteiger partial charge in [0.25, 0.3) is 5.91 Å². The second-order valence-corrected chi connectivity index (χ2v) is 8.50. The van der Waals surface area contributed by atoms with Crippen molar-refractivity contribution in [2.75, 3.05) is 25.2 Å². The number of hydrogen-bond acceptors (Lipinski definition) is 5. The number of hydrogen-bond donors (Lipinski definition) is 1. The van der Waals surface area contributed by atoms with E-state index < -0.39 is 0 Å². The van der Waals surface area contributed by atoms with Crippen LogP contribution in [0, 0.1) is 18.3 Å². The highest BCUT2D eigenvalue weighted by Crippen LogP contribution is 2.59. The average Bonchev–Trinajstić information content (AvgIpc) is 3.05. The Labute approximate surface area is 161 Å². The highest BCUT2D eigenvalue weighted by molar-refractivity contribution is 7.12. The predicted molar refractivity (Wildman–Crippen MR) is 101 cm³/mol. The van der Waals surface area contributed by atoms with Crippen molar-refractivity contribution in [3.05, 3.63) is 40.1 Å². The van der Waals surface area contributed by atoms with E-state index in [4.69, 9.17) is 9.47 Å². The van der Waals surface area contributed by atoms with E-state index in [9.17, 15) is 9.59 Å². The maximum absolute atomic E-state index is 12.7. The molecule has 0 bridgehead atoms. The number of likely N-dealkylation sites (tertiary alicyclic amines) is 1. The van der Waals surface area contributed by atoms with Crippen LogP contribution in [0.4, 0.5) is 5.69 Å². The van der Waals surface area contributed by atoms with Crippen LogP contribution in [0.2, 0.25) is 0 Å². The van der Waals surface area contributed by atoms with Crippen molar-refractivity contribution < 1.29 is 19.1 Å². The van der Waals surface area contributed by atoms with Gasteiger partial charge in [0.15, 0.2) is 11.5 Å². The molecule has 2 aromatic rings. The molecule has 7 heteroatoms. The number of ether oxygens (including phenoxy) is 2. The van der Waals surface area contributed by atoms with Gasteiger partial charge in [0.2, 0.25) is 12.7 Å². The lowest BCUT2D eigenvalue weighted by molar-refractivity contribution is -0.118. The fourth-order valence-electron chi connectivity index (χ4n) is 4.18. The van der Waals surface area contributed by atoms with Gasteiger partial charge in [0, 0.05) is 36.2 Å². The zero-order valence-electron chi connectivity index (χ0n) is 15.0. The number of nitrogens with zero attached hydrogens (tertiary/aromatic N) is 1. The first-order valence-corrected chi connectivity index (χ1v) is 9.98. The minimum atomic E-state index is -0.0543. The average molecular weight is 384 g/mol. The Morgan fingerprint density at radius 1 is 1.26 bits per heavy atom. The minimum Gasteiger partial charge on any atom is -0.454 e. The molecule has 2 atom stereocenters. The van der Waals surface area contributed by atoms with Gasteiger partial charge in [0.1, 0.15) is 0 Å². The highest BCUT2D eigenvalue weighted by atomic mass is 32.1. The summed E-state index contributed by atoms with van der Waals surface area (Å²) in [7, 11) is 0. The van der Waals surface area contributed by atoms with Gasteiger partial charge in [-0.3, -0.25) is 9.59 Å². The standard InChI is InChI=1S/C20H20N2O4S/c1-12-4-7-27-17(12)19(24)22-6-5-20(10-22)9-14(20)18(23)21-13-2-3-15-16(8-13)26-11-25-15/h2-4,7-8,14H,5-6,9-11H2,1H3,(H,21,23)/t14-,20-/m1/s1. The van der Waals surface area contributed by atoms with Crippen LogP contribution in [-0.2, 0) is 4.79 Å². The van der Waals surface area contributed by atoms with Crippen LogP contribution in [-0.4, -0.2) is 36.6 Å². The van der Waals surface area contributed by atoms with Gasteiger partial charge in [0.05, 0.1) is 4.88 Å². The molecule has 1 aromatic heterocycles. The number of aryl methyl sites for hydroxylation is 1. The van der Waals surface area contributed by atoms with Crippen molar-refractivity contribution in [2.24, 2.45) is 11.3 Å². The molecule has 3 aliphatic rings. The summed E-state index contributed by atoms with van der Waals surface area (Å²) in [6, 6.07) is 7.40. The van der Waals surface area contributed by atoms with E-state index in [1.165, 1.54) is 11.3 Å². The Balaban J connectivity index is 1.23. The largest absolute Gasteiger partial charge is 0.454 e. The maximum atomic E-state index is 12.7. The number of benzene rings is 1. The summed E-state index contributed by atoms with van der Waals surface area (Å²) in [5, 5.41) is 4.94. The number of anilines is 1. The second kappa shape index (κ2) is 5.99. The van der Waals surface area contributed by atoms with E-state index >= 15 is 0 Å². The number of nitrogens with one attached hydrogen (secondary N) is 1. The summed E-state index contributed by atoms with van der Waals surface area (Å²) >= 11 is 1.49. The van der Waals surface area contributed by atoms with Crippen molar-refractivity contribution in [3.8, 4) is 11.5 Å². The lowest BCUT2D eigenvalue weighted by Gasteiger charge is -2.16. The van der Waals surface area contributed by atoms with Crippen molar-refractivity contribution in [2.45, 2.75) is 19.8 Å². The van der Waals surface area contributed by atoms with Crippen molar-refractivity contribution in [1.82, 2.24) is 4.90 Å². The third-order valence-corrected chi connectivity index (χ3v) is 6.88. The summed E-state index contributed by atoms with van der Waals surface area (Å²) in [5.74, 6) is 1.44. The third kappa shape index (κ3) is 2.77. The van der Waals surface area contributed by atoms with Crippen LogP contribution >= 0.6 is 11.3 Å². The molecule has 2 amide bonds. The number of carbonyl (C=O) groups is 2. The van der Waals surface area contributed by atoms with Gasteiger partial charge >= 0.3 is 0 Å². The van der Waals surface area contributed by atoms with E-state index in [2.05, 4.69) is 5.32 Å². The van der Waals surface area contributed by atoms with Gasteiger partial charge in [-0.1, -0.05) is 0 Å². The number of rotatable bonds is 3. The molecule has 6 nitrogen and oxygen atoms in total. The van der Waals surface area contributed by atoms with Crippen molar-refractivity contribution in [3.63, 3.8) is 0 Å². The lowest BCUT2D eigenvalue weighted by Crippen LogP contribution is -2.29. The Morgan fingerprint density at radius 2 is 2.11 bits per heavy atom. The number of fused-ring (bicyclic) bond motifs is 1. The molecule has 1 N–H and O–H groups in total. The highest BCUT2D eigenvalue weighted by Gasteiger charge is 2.61. The molecule has 27 heavy (non-hydrogen) atoms.